The van der Waals surface area contributed by atoms with Gasteiger partial charge in [-0.2, -0.15) is 0 Å². The summed E-state index contributed by atoms with van der Waals surface area (Å²) in [4.78, 5) is 11.8. The molecule has 20 heavy (non-hydrogen) atoms. The lowest BCUT2D eigenvalue weighted by molar-refractivity contribution is -0.123. The Kier molecular flexibility index (Phi) is 4.42. The molecule has 1 heterocycles. The second-order valence-electron chi connectivity index (χ2n) is 6.58. The SMILES string of the molecule is CC1(C)CCC(O)(CNC(=O)CCn2ccnn2)CC1. The molecule has 2 rings (SSSR count). The normalized spacial score (nSPS) is 20.6. The van der Waals surface area contributed by atoms with Crippen LogP contribution in [0.1, 0.15) is 46.0 Å². The first-order chi connectivity index (χ1) is 9.39. The molecule has 1 aliphatic carbocycles. The Hall–Kier alpha value is -1.43. The van der Waals surface area contributed by atoms with Gasteiger partial charge in [-0.3, -0.25) is 9.48 Å². The van der Waals surface area contributed by atoms with Crippen molar-refractivity contribution in [1.82, 2.24) is 20.3 Å². The zero-order valence-electron chi connectivity index (χ0n) is 12.3. The minimum absolute atomic E-state index is 0.0567. The summed E-state index contributed by atoms with van der Waals surface area (Å²) in [6, 6.07) is 0. The van der Waals surface area contributed by atoms with Gasteiger partial charge in [0.1, 0.15) is 0 Å². The lowest BCUT2D eigenvalue weighted by Crippen LogP contribution is -2.46. The Balaban J connectivity index is 1.70. The van der Waals surface area contributed by atoms with Crippen LogP contribution >= 0.6 is 0 Å². The van der Waals surface area contributed by atoms with E-state index in [4.69, 9.17) is 0 Å². The highest BCUT2D eigenvalue weighted by atomic mass is 16.3. The van der Waals surface area contributed by atoms with Crippen LogP contribution < -0.4 is 5.32 Å². The Morgan fingerprint density at radius 1 is 1.35 bits per heavy atom. The van der Waals surface area contributed by atoms with Gasteiger partial charge >= 0.3 is 0 Å². The van der Waals surface area contributed by atoms with Gasteiger partial charge in [0.25, 0.3) is 0 Å². The first-order valence-corrected chi connectivity index (χ1v) is 7.22. The number of nitrogens with one attached hydrogen (secondary N) is 1. The molecule has 0 atom stereocenters. The van der Waals surface area contributed by atoms with E-state index in [1.54, 1.807) is 17.1 Å². The van der Waals surface area contributed by atoms with Crippen molar-refractivity contribution in [3.8, 4) is 0 Å². The molecule has 0 radical (unpaired) electrons. The number of aliphatic hydroxyl groups is 1. The van der Waals surface area contributed by atoms with Gasteiger partial charge < -0.3 is 10.4 Å². The Morgan fingerprint density at radius 2 is 2.05 bits per heavy atom. The van der Waals surface area contributed by atoms with Gasteiger partial charge in [0.05, 0.1) is 18.3 Å². The van der Waals surface area contributed by atoms with Crippen molar-refractivity contribution < 1.29 is 9.90 Å². The van der Waals surface area contributed by atoms with Gasteiger partial charge in [0, 0.05) is 19.2 Å². The third-order valence-electron chi connectivity index (χ3n) is 4.19. The largest absolute Gasteiger partial charge is 0.388 e. The third-order valence-corrected chi connectivity index (χ3v) is 4.19. The second kappa shape index (κ2) is 5.91. The molecule has 0 spiro atoms. The summed E-state index contributed by atoms with van der Waals surface area (Å²) >= 11 is 0. The number of carbonyl (C=O) groups is 1. The molecule has 6 heteroatoms. The van der Waals surface area contributed by atoms with Crippen LogP contribution in [0.4, 0.5) is 0 Å². The number of nitrogens with zero attached hydrogens (tertiary/aromatic N) is 3. The summed E-state index contributed by atoms with van der Waals surface area (Å²) in [7, 11) is 0. The molecular formula is C14H24N4O2. The Morgan fingerprint density at radius 3 is 2.65 bits per heavy atom. The Labute approximate surface area is 119 Å². The fourth-order valence-electron chi connectivity index (χ4n) is 2.49. The average molecular weight is 280 g/mol. The average Bonchev–Trinajstić information content (AvgIpc) is 2.92. The van der Waals surface area contributed by atoms with Crippen LogP contribution in [0.5, 0.6) is 0 Å². The second-order valence-corrected chi connectivity index (χ2v) is 6.58. The molecule has 0 aromatic carbocycles. The van der Waals surface area contributed by atoms with E-state index in [1.165, 1.54) is 0 Å². The number of rotatable bonds is 5. The number of amides is 1. The van der Waals surface area contributed by atoms with Crippen molar-refractivity contribution in [2.24, 2.45) is 5.41 Å². The van der Waals surface area contributed by atoms with E-state index in [0.29, 0.717) is 24.9 Å². The molecule has 1 aliphatic rings. The van der Waals surface area contributed by atoms with Gasteiger partial charge in [-0.25, -0.2) is 0 Å². The maximum atomic E-state index is 11.8. The molecule has 0 bridgehead atoms. The van der Waals surface area contributed by atoms with Crippen LogP contribution in [-0.4, -0.2) is 38.2 Å². The number of hydrogen-bond acceptors (Lipinski definition) is 4. The van der Waals surface area contributed by atoms with E-state index in [0.717, 1.165) is 25.7 Å². The maximum absolute atomic E-state index is 11.8. The Bertz CT molecular complexity index is 432. The fourth-order valence-corrected chi connectivity index (χ4v) is 2.49. The van der Waals surface area contributed by atoms with Gasteiger partial charge in [-0.05, 0) is 31.1 Å². The van der Waals surface area contributed by atoms with Gasteiger partial charge in [0.2, 0.25) is 5.91 Å². The van der Waals surface area contributed by atoms with Crippen molar-refractivity contribution in [3.05, 3.63) is 12.4 Å². The van der Waals surface area contributed by atoms with E-state index in [9.17, 15) is 9.90 Å². The molecule has 1 fully saturated rings. The lowest BCUT2D eigenvalue weighted by atomic mass is 9.71. The van der Waals surface area contributed by atoms with Crippen LogP contribution in [0.25, 0.3) is 0 Å². The smallest absolute Gasteiger partial charge is 0.221 e. The first kappa shape index (κ1) is 15.0. The van der Waals surface area contributed by atoms with Crippen LogP contribution in [0.2, 0.25) is 0 Å². The highest BCUT2D eigenvalue weighted by molar-refractivity contribution is 5.75. The highest BCUT2D eigenvalue weighted by Gasteiger charge is 2.36. The molecule has 0 aliphatic heterocycles. The maximum Gasteiger partial charge on any atom is 0.221 e. The summed E-state index contributed by atoms with van der Waals surface area (Å²) in [5.74, 6) is -0.0567. The molecule has 6 nitrogen and oxygen atoms in total. The van der Waals surface area contributed by atoms with Crippen LogP contribution in [0.3, 0.4) is 0 Å². The third kappa shape index (κ3) is 4.30. The van der Waals surface area contributed by atoms with Crippen molar-refractivity contribution in [2.75, 3.05) is 6.54 Å². The number of hydrogen-bond donors (Lipinski definition) is 2. The zero-order valence-corrected chi connectivity index (χ0v) is 12.3. The van der Waals surface area contributed by atoms with E-state index >= 15 is 0 Å². The summed E-state index contributed by atoms with van der Waals surface area (Å²) < 4.78 is 1.62. The summed E-state index contributed by atoms with van der Waals surface area (Å²) in [6.45, 7) is 5.31. The topological polar surface area (TPSA) is 80.0 Å². The van der Waals surface area contributed by atoms with E-state index in [2.05, 4.69) is 29.5 Å². The lowest BCUT2D eigenvalue weighted by Gasteiger charge is -2.40. The van der Waals surface area contributed by atoms with E-state index in [1.807, 2.05) is 0 Å². The molecule has 112 valence electrons. The standard InChI is InChI=1S/C14H24N4O2/c1-13(2)4-6-14(20,7-5-13)11-15-12(19)3-9-18-10-8-16-17-18/h8,10,20H,3-7,9,11H2,1-2H3,(H,15,19). The van der Waals surface area contributed by atoms with Crippen LogP contribution in [-0.2, 0) is 11.3 Å². The number of aryl methyl sites for hydroxylation is 1. The van der Waals surface area contributed by atoms with Gasteiger partial charge in [-0.15, -0.1) is 5.10 Å². The summed E-state index contributed by atoms with van der Waals surface area (Å²) in [6.07, 6.45) is 7.17. The molecule has 1 amide bonds. The van der Waals surface area contributed by atoms with Crippen molar-refractivity contribution >= 4 is 5.91 Å². The van der Waals surface area contributed by atoms with Crippen molar-refractivity contribution in [2.45, 2.75) is 58.1 Å². The molecule has 1 saturated carbocycles. The van der Waals surface area contributed by atoms with Crippen molar-refractivity contribution in [3.63, 3.8) is 0 Å². The predicted molar refractivity (Wildman–Crippen MR) is 74.8 cm³/mol. The molecular weight excluding hydrogens is 256 g/mol. The fraction of sp³-hybridized carbons (Fsp3) is 0.786. The van der Waals surface area contributed by atoms with Crippen molar-refractivity contribution in [1.29, 1.82) is 0 Å². The minimum atomic E-state index is -0.738. The molecule has 2 N–H and O–H groups in total. The van der Waals surface area contributed by atoms with Gasteiger partial charge in [-0.1, -0.05) is 19.1 Å². The molecule has 0 saturated heterocycles. The molecule has 1 aromatic heterocycles. The van der Waals surface area contributed by atoms with E-state index in [-0.39, 0.29) is 5.91 Å². The monoisotopic (exact) mass is 280 g/mol. The zero-order chi connectivity index (χ0) is 14.6. The number of carbonyl (C=O) groups excluding carboxylic acids is 1. The first-order valence-electron chi connectivity index (χ1n) is 7.22. The summed E-state index contributed by atoms with van der Waals surface area (Å²) in [5.41, 5.74) is -0.429. The highest BCUT2D eigenvalue weighted by Crippen LogP contribution is 2.39. The quantitative estimate of drug-likeness (QED) is 0.847. The number of aromatic nitrogens is 3. The van der Waals surface area contributed by atoms with Gasteiger partial charge in [0.15, 0.2) is 0 Å². The molecule has 0 unspecified atom stereocenters. The minimum Gasteiger partial charge on any atom is -0.388 e. The predicted octanol–water partition coefficient (Wildman–Crippen LogP) is 1.12. The van der Waals surface area contributed by atoms with Crippen LogP contribution in [0.15, 0.2) is 12.4 Å². The van der Waals surface area contributed by atoms with E-state index < -0.39 is 5.60 Å². The summed E-state index contributed by atoms with van der Waals surface area (Å²) in [5, 5.41) is 20.8. The molecule has 1 aromatic rings. The van der Waals surface area contributed by atoms with Crippen LogP contribution in [0, 0.1) is 5.41 Å².